The molecule has 0 saturated heterocycles. The predicted octanol–water partition coefficient (Wildman–Crippen LogP) is 2.33. The minimum atomic E-state index is -0.145. The molecular formula is C14H13ClN4O. The van der Waals surface area contributed by atoms with E-state index in [9.17, 15) is 4.79 Å². The second-order valence-electron chi connectivity index (χ2n) is 4.48. The van der Waals surface area contributed by atoms with Crippen LogP contribution in [0.25, 0.3) is 16.7 Å². The van der Waals surface area contributed by atoms with E-state index in [0.717, 1.165) is 0 Å². The third-order valence-corrected chi connectivity index (χ3v) is 3.56. The van der Waals surface area contributed by atoms with Crippen molar-refractivity contribution in [1.29, 1.82) is 0 Å². The first-order chi connectivity index (χ1) is 9.63. The van der Waals surface area contributed by atoms with Crippen molar-refractivity contribution in [2.45, 2.75) is 13.3 Å². The van der Waals surface area contributed by atoms with Crippen LogP contribution in [-0.4, -0.2) is 19.3 Å². The third-order valence-electron chi connectivity index (χ3n) is 3.24. The minimum Gasteiger partial charge on any atom is -0.268 e. The van der Waals surface area contributed by atoms with E-state index in [2.05, 4.69) is 10.1 Å². The molecule has 1 aromatic carbocycles. The van der Waals surface area contributed by atoms with E-state index in [1.165, 1.54) is 6.20 Å². The molecule has 0 radical (unpaired) electrons. The van der Waals surface area contributed by atoms with Crippen molar-refractivity contribution >= 4 is 22.6 Å². The van der Waals surface area contributed by atoms with Crippen LogP contribution in [0.5, 0.6) is 0 Å². The second-order valence-corrected chi connectivity index (χ2v) is 4.89. The van der Waals surface area contributed by atoms with E-state index in [0.29, 0.717) is 34.0 Å². The highest BCUT2D eigenvalue weighted by Gasteiger charge is 2.15. The predicted molar refractivity (Wildman–Crippen MR) is 78.5 cm³/mol. The Bertz CT molecular complexity index is 850. The van der Waals surface area contributed by atoms with Gasteiger partial charge in [-0.1, -0.05) is 30.7 Å². The summed E-state index contributed by atoms with van der Waals surface area (Å²) >= 11 is 6.21. The Morgan fingerprint density at radius 3 is 2.75 bits per heavy atom. The van der Waals surface area contributed by atoms with Crippen LogP contribution < -0.4 is 5.56 Å². The van der Waals surface area contributed by atoms with Crippen molar-refractivity contribution in [3.05, 3.63) is 51.7 Å². The Hall–Kier alpha value is -2.14. The molecule has 0 amide bonds. The van der Waals surface area contributed by atoms with Crippen molar-refractivity contribution in [2.75, 3.05) is 0 Å². The van der Waals surface area contributed by atoms with E-state index in [-0.39, 0.29) is 5.56 Å². The highest BCUT2D eigenvalue weighted by molar-refractivity contribution is 6.32. The quantitative estimate of drug-likeness (QED) is 0.727. The smallest absolute Gasteiger partial charge is 0.268 e. The van der Waals surface area contributed by atoms with Crippen LogP contribution in [0.15, 0.2) is 35.3 Å². The van der Waals surface area contributed by atoms with Crippen LogP contribution in [0.4, 0.5) is 0 Å². The van der Waals surface area contributed by atoms with Gasteiger partial charge in [0.2, 0.25) is 0 Å². The van der Waals surface area contributed by atoms with Gasteiger partial charge in [-0.15, -0.1) is 0 Å². The first-order valence-corrected chi connectivity index (χ1v) is 6.69. The standard InChI is InChI=1S/C14H13ClN4O/c1-3-12-17-13-9(8-16-18(13)2)14(20)19(12)11-7-5-4-6-10(11)15/h4-8H,3H2,1-2H3. The van der Waals surface area contributed by atoms with Gasteiger partial charge in [0.15, 0.2) is 5.65 Å². The lowest BCUT2D eigenvalue weighted by Crippen LogP contribution is -2.23. The van der Waals surface area contributed by atoms with Gasteiger partial charge in [0, 0.05) is 13.5 Å². The van der Waals surface area contributed by atoms with Gasteiger partial charge >= 0.3 is 0 Å². The molecule has 0 spiro atoms. The Balaban J connectivity index is 2.44. The van der Waals surface area contributed by atoms with Crippen molar-refractivity contribution in [3.8, 4) is 5.69 Å². The fraction of sp³-hybridized carbons (Fsp3) is 0.214. The second kappa shape index (κ2) is 4.76. The zero-order valence-electron chi connectivity index (χ0n) is 11.2. The van der Waals surface area contributed by atoms with Gasteiger partial charge in [0.25, 0.3) is 5.56 Å². The van der Waals surface area contributed by atoms with E-state index in [1.54, 1.807) is 22.4 Å². The zero-order chi connectivity index (χ0) is 14.3. The zero-order valence-corrected chi connectivity index (χ0v) is 11.9. The van der Waals surface area contributed by atoms with Crippen molar-refractivity contribution < 1.29 is 0 Å². The van der Waals surface area contributed by atoms with Gasteiger partial charge in [0.05, 0.1) is 16.9 Å². The van der Waals surface area contributed by atoms with E-state index < -0.39 is 0 Å². The number of hydrogen-bond donors (Lipinski definition) is 0. The summed E-state index contributed by atoms with van der Waals surface area (Å²) in [5.41, 5.74) is 1.09. The molecule has 2 heterocycles. The molecule has 0 aliphatic rings. The van der Waals surface area contributed by atoms with Crippen LogP contribution in [-0.2, 0) is 13.5 Å². The number of para-hydroxylation sites is 1. The molecule has 3 aromatic rings. The average molecular weight is 289 g/mol. The fourth-order valence-corrected chi connectivity index (χ4v) is 2.46. The van der Waals surface area contributed by atoms with Gasteiger partial charge in [-0.25, -0.2) is 4.98 Å². The summed E-state index contributed by atoms with van der Waals surface area (Å²) < 4.78 is 3.17. The average Bonchev–Trinajstić information content (AvgIpc) is 2.82. The van der Waals surface area contributed by atoms with Crippen LogP contribution in [0, 0.1) is 0 Å². The molecule has 0 fully saturated rings. The summed E-state index contributed by atoms with van der Waals surface area (Å²) in [4.78, 5) is 17.2. The number of benzene rings is 1. The molecule has 20 heavy (non-hydrogen) atoms. The lowest BCUT2D eigenvalue weighted by molar-refractivity contribution is 0.767. The van der Waals surface area contributed by atoms with Crippen LogP contribution in [0.1, 0.15) is 12.7 Å². The van der Waals surface area contributed by atoms with Gasteiger partial charge in [-0.3, -0.25) is 14.0 Å². The molecular weight excluding hydrogens is 276 g/mol. The molecule has 102 valence electrons. The van der Waals surface area contributed by atoms with Crippen molar-refractivity contribution in [3.63, 3.8) is 0 Å². The third kappa shape index (κ3) is 1.82. The van der Waals surface area contributed by atoms with Gasteiger partial charge in [0.1, 0.15) is 11.2 Å². The molecule has 0 aliphatic heterocycles. The van der Waals surface area contributed by atoms with Crippen molar-refractivity contribution in [2.24, 2.45) is 7.05 Å². The summed E-state index contributed by atoms with van der Waals surface area (Å²) in [6.07, 6.45) is 2.17. The molecule has 3 rings (SSSR count). The van der Waals surface area contributed by atoms with Gasteiger partial charge < -0.3 is 0 Å². The Morgan fingerprint density at radius 2 is 2.05 bits per heavy atom. The van der Waals surface area contributed by atoms with Crippen LogP contribution >= 0.6 is 11.6 Å². The lowest BCUT2D eigenvalue weighted by Gasteiger charge is -2.12. The molecule has 2 aromatic heterocycles. The monoisotopic (exact) mass is 288 g/mol. The summed E-state index contributed by atoms with van der Waals surface area (Å²) in [6.45, 7) is 1.96. The Kier molecular flexibility index (Phi) is 3.06. The molecule has 0 atom stereocenters. The highest BCUT2D eigenvalue weighted by Crippen LogP contribution is 2.20. The molecule has 0 aliphatic carbocycles. The topological polar surface area (TPSA) is 52.7 Å². The highest BCUT2D eigenvalue weighted by atomic mass is 35.5. The summed E-state index contributed by atoms with van der Waals surface area (Å²) in [7, 11) is 1.77. The van der Waals surface area contributed by atoms with E-state index in [4.69, 9.17) is 11.6 Å². The van der Waals surface area contributed by atoms with Gasteiger partial charge in [-0.2, -0.15) is 5.10 Å². The number of halogens is 1. The van der Waals surface area contributed by atoms with Crippen LogP contribution in [0.3, 0.4) is 0 Å². The van der Waals surface area contributed by atoms with Crippen molar-refractivity contribution in [1.82, 2.24) is 19.3 Å². The molecule has 0 saturated carbocycles. The van der Waals surface area contributed by atoms with Crippen LogP contribution in [0.2, 0.25) is 5.02 Å². The maximum Gasteiger partial charge on any atom is 0.269 e. The number of aromatic nitrogens is 4. The number of fused-ring (bicyclic) bond motifs is 1. The summed E-state index contributed by atoms with van der Waals surface area (Å²) in [6, 6.07) is 7.25. The normalized spacial score (nSPS) is 11.2. The maximum absolute atomic E-state index is 12.7. The molecule has 0 bridgehead atoms. The first kappa shape index (κ1) is 12.9. The Labute approximate surface area is 120 Å². The fourth-order valence-electron chi connectivity index (χ4n) is 2.24. The van der Waals surface area contributed by atoms with Gasteiger partial charge in [-0.05, 0) is 12.1 Å². The van der Waals surface area contributed by atoms with E-state index >= 15 is 0 Å². The number of rotatable bonds is 2. The number of nitrogens with zero attached hydrogens (tertiary/aromatic N) is 4. The number of hydrogen-bond acceptors (Lipinski definition) is 3. The summed E-state index contributed by atoms with van der Waals surface area (Å²) in [5, 5.41) is 5.11. The summed E-state index contributed by atoms with van der Waals surface area (Å²) in [5.74, 6) is 0.666. The minimum absolute atomic E-state index is 0.145. The van der Waals surface area contributed by atoms with E-state index in [1.807, 2.05) is 25.1 Å². The number of aryl methyl sites for hydroxylation is 2. The lowest BCUT2D eigenvalue weighted by atomic mass is 10.2. The molecule has 0 N–H and O–H groups in total. The molecule has 5 nitrogen and oxygen atoms in total. The molecule has 0 unspecified atom stereocenters. The maximum atomic E-state index is 12.7. The Morgan fingerprint density at radius 1 is 1.30 bits per heavy atom. The first-order valence-electron chi connectivity index (χ1n) is 6.32. The SMILES string of the molecule is CCc1nc2c(cnn2C)c(=O)n1-c1ccccc1Cl. The largest absolute Gasteiger partial charge is 0.269 e. The molecule has 6 heteroatoms.